The highest BCUT2D eigenvalue weighted by atomic mass is 32.1. The third-order valence-electron chi connectivity index (χ3n) is 2.47. The first-order valence-electron chi connectivity index (χ1n) is 4.83. The maximum absolute atomic E-state index is 4.23. The van der Waals surface area contributed by atoms with E-state index < -0.39 is 0 Å². The molecule has 0 amide bonds. The van der Waals surface area contributed by atoms with Crippen molar-refractivity contribution in [3.05, 3.63) is 41.7 Å². The van der Waals surface area contributed by atoms with Gasteiger partial charge in [0.2, 0.25) is 0 Å². The summed E-state index contributed by atoms with van der Waals surface area (Å²) in [6.45, 7) is 1.97. The highest BCUT2D eigenvalue weighted by Crippen LogP contribution is 2.32. The minimum atomic E-state index is 0.959. The van der Waals surface area contributed by atoms with E-state index in [9.17, 15) is 0 Å². The number of thiophene rings is 1. The number of nitrogens with zero attached hydrogens (tertiary/aromatic N) is 1. The predicted molar refractivity (Wildman–Crippen MR) is 64.1 cm³/mol. The molecule has 0 saturated carbocycles. The highest BCUT2D eigenvalue weighted by Gasteiger charge is 2.07. The molecule has 1 aromatic carbocycles. The summed E-state index contributed by atoms with van der Waals surface area (Å²) < 4.78 is 1.32. The third kappa shape index (κ3) is 1.36. The molecule has 2 aromatic heterocycles. The van der Waals surface area contributed by atoms with E-state index in [2.05, 4.69) is 39.6 Å². The zero-order valence-corrected chi connectivity index (χ0v) is 9.14. The molecule has 3 heteroatoms. The van der Waals surface area contributed by atoms with Gasteiger partial charge in [0.25, 0.3) is 0 Å². The number of hydrogen-bond donors (Lipinski definition) is 1. The molecule has 1 N–H and O–H groups in total. The van der Waals surface area contributed by atoms with E-state index in [1.54, 1.807) is 11.3 Å². The Labute approximate surface area is 91.6 Å². The molecular formula is C12H10N2S. The maximum Gasteiger partial charge on any atom is 0.103 e. The molecule has 0 atom stereocenters. The molecule has 0 fully saturated rings. The molecule has 0 aliphatic rings. The number of nitrogens with one attached hydrogen (secondary N) is 1. The number of imidazole rings is 1. The van der Waals surface area contributed by atoms with Gasteiger partial charge < -0.3 is 4.98 Å². The van der Waals surface area contributed by atoms with Gasteiger partial charge in [-0.3, -0.25) is 0 Å². The Morgan fingerprint density at radius 1 is 1.27 bits per heavy atom. The lowest BCUT2D eigenvalue weighted by Crippen LogP contribution is -1.75. The summed E-state index contributed by atoms with van der Waals surface area (Å²) in [5.74, 6) is 0.959. The van der Waals surface area contributed by atoms with Gasteiger partial charge in [-0.1, -0.05) is 18.2 Å². The largest absolute Gasteiger partial charge is 0.342 e. The fraction of sp³-hybridized carbons (Fsp3) is 0.0833. The standard InChI is InChI=1S/C12H10N2S/c1-8-13-6-11(14-8)10-7-15-12-5-3-2-4-9(10)12/h2-7H,1H3,(H,13,14). The molecule has 0 aliphatic carbocycles. The van der Waals surface area contributed by atoms with Crippen molar-refractivity contribution in [2.75, 3.05) is 0 Å². The Hall–Kier alpha value is -1.61. The molecule has 0 saturated heterocycles. The van der Waals surface area contributed by atoms with Gasteiger partial charge in [-0.15, -0.1) is 11.3 Å². The maximum atomic E-state index is 4.23. The van der Waals surface area contributed by atoms with E-state index in [0.29, 0.717) is 0 Å². The molecule has 2 nitrogen and oxygen atoms in total. The van der Waals surface area contributed by atoms with Crippen LogP contribution < -0.4 is 0 Å². The summed E-state index contributed by atoms with van der Waals surface area (Å²) >= 11 is 1.77. The van der Waals surface area contributed by atoms with Crippen LogP contribution in [0.25, 0.3) is 21.3 Å². The molecule has 74 valence electrons. The molecule has 3 rings (SSSR count). The van der Waals surface area contributed by atoms with Gasteiger partial charge in [0.1, 0.15) is 5.82 Å². The molecule has 3 aromatic rings. The Kier molecular flexibility index (Phi) is 1.86. The minimum Gasteiger partial charge on any atom is -0.342 e. The van der Waals surface area contributed by atoms with E-state index >= 15 is 0 Å². The van der Waals surface area contributed by atoms with Crippen molar-refractivity contribution >= 4 is 21.4 Å². The minimum absolute atomic E-state index is 0.959. The highest BCUT2D eigenvalue weighted by molar-refractivity contribution is 7.17. The Morgan fingerprint density at radius 2 is 2.13 bits per heavy atom. The van der Waals surface area contributed by atoms with E-state index in [4.69, 9.17) is 0 Å². The molecule has 0 spiro atoms. The van der Waals surface area contributed by atoms with Crippen LogP contribution in [0.5, 0.6) is 0 Å². The SMILES string of the molecule is Cc1ncc(-c2csc3ccccc23)[nH]1. The van der Waals surface area contributed by atoms with Crippen molar-refractivity contribution in [3.8, 4) is 11.3 Å². The smallest absolute Gasteiger partial charge is 0.103 e. The zero-order chi connectivity index (χ0) is 10.3. The van der Waals surface area contributed by atoms with Crippen molar-refractivity contribution in [2.24, 2.45) is 0 Å². The number of rotatable bonds is 1. The van der Waals surface area contributed by atoms with Gasteiger partial charge >= 0.3 is 0 Å². The molecular weight excluding hydrogens is 204 g/mol. The summed E-state index contributed by atoms with van der Waals surface area (Å²) in [4.78, 5) is 7.49. The molecule has 15 heavy (non-hydrogen) atoms. The van der Waals surface area contributed by atoms with Crippen LogP contribution in [-0.4, -0.2) is 9.97 Å². The van der Waals surface area contributed by atoms with Gasteiger partial charge in [-0.05, 0) is 13.0 Å². The van der Waals surface area contributed by atoms with Gasteiger partial charge in [-0.2, -0.15) is 0 Å². The summed E-state index contributed by atoms with van der Waals surface area (Å²) in [5, 5.41) is 3.48. The van der Waals surface area contributed by atoms with Gasteiger partial charge in [0, 0.05) is 21.0 Å². The lowest BCUT2D eigenvalue weighted by atomic mass is 10.1. The Balaban J connectivity index is 2.27. The number of benzene rings is 1. The summed E-state index contributed by atoms with van der Waals surface area (Å²) in [7, 11) is 0. The van der Waals surface area contributed by atoms with E-state index in [1.807, 2.05) is 13.1 Å². The molecule has 2 heterocycles. The first kappa shape index (κ1) is 8.68. The normalized spacial score (nSPS) is 11.0. The number of aryl methyl sites for hydroxylation is 1. The van der Waals surface area contributed by atoms with Gasteiger partial charge in [0.05, 0.1) is 11.9 Å². The number of hydrogen-bond acceptors (Lipinski definition) is 2. The summed E-state index contributed by atoms with van der Waals surface area (Å²) in [6, 6.07) is 8.44. The first-order chi connectivity index (χ1) is 7.34. The van der Waals surface area contributed by atoms with Crippen molar-refractivity contribution in [1.82, 2.24) is 9.97 Å². The molecule has 0 bridgehead atoms. The van der Waals surface area contributed by atoms with Crippen LogP contribution in [0.4, 0.5) is 0 Å². The number of aromatic amines is 1. The zero-order valence-electron chi connectivity index (χ0n) is 8.32. The number of aromatic nitrogens is 2. The second-order valence-corrected chi connectivity index (χ2v) is 4.44. The van der Waals surface area contributed by atoms with Crippen LogP contribution in [0.2, 0.25) is 0 Å². The lowest BCUT2D eigenvalue weighted by Gasteiger charge is -1.94. The van der Waals surface area contributed by atoms with Gasteiger partial charge in [-0.25, -0.2) is 4.98 Å². The first-order valence-corrected chi connectivity index (χ1v) is 5.71. The van der Waals surface area contributed by atoms with E-state index in [1.165, 1.54) is 15.6 Å². The number of H-pyrrole nitrogens is 1. The average Bonchev–Trinajstić information content (AvgIpc) is 2.83. The monoisotopic (exact) mass is 214 g/mol. The summed E-state index contributed by atoms with van der Waals surface area (Å²) in [5.41, 5.74) is 2.35. The molecule has 0 unspecified atom stereocenters. The lowest BCUT2D eigenvalue weighted by molar-refractivity contribution is 1.15. The second-order valence-electron chi connectivity index (χ2n) is 3.53. The van der Waals surface area contributed by atoms with Crippen LogP contribution in [0, 0.1) is 6.92 Å². The van der Waals surface area contributed by atoms with Crippen LogP contribution in [-0.2, 0) is 0 Å². The van der Waals surface area contributed by atoms with Crippen LogP contribution in [0.1, 0.15) is 5.82 Å². The Morgan fingerprint density at radius 3 is 2.93 bits per heavy atom. The van der Waals surface area contributed by atoms with Crippen molar-refractivity contribution < 1.29 is 0 Å². The average molecular weight is 214 g/mol. The van der Waals surface area contributed by atoms with Crippen LogP contribution >= 0.6 is 11.3 Å². The predicted octanol–water partition coefficient (Wildman–Crippen LogP) is 3.60. The van der Waals surface area contributed by atoms with Crippen molar-refractivity contribution in [3.63, 3.8) is 0 Å². The van der Waals surface area contributed by atoms with E-state index in [0.717, 1.165) is 11.5 Å². The number of fused-ring (bicyclic) bond motifs is 1. The van der Waals surface area contributed by atoms with Crippen molar-refractivity contribution in [2.45, 2.75) is 6.92 Å². The summed E-state index contributed by atoms with van der Waals surface area (Å²) in [6.07, 6.45) is 1.89. The van der Waals surface area contributed by atoms with Gasteiger partial charge in [0.15, 0.2) is 0 Å². The topological polar surface area (TPSA) is 28.7 Å². The fourth-order valence-corrected chi connectivity index (χ4v) is 2.70. The third-order valence-corrected chi connectivity index (χ3v) is 3.44. The van der Waals surface area contributed by atoms with E-state index in [-0.39, 0.29) is 0 Å². The molecule has 0 aliphatic heterocycles. The fourth-order valence-electron chi connectivity index (χ4n) is 1.74. The van der Waals surface area contributed by atoms with Crippen molar-refractivity contribution in [1.29, 1.82) is 0 Å². The quantitative estimate of drug-likeness (QED) is 0.658. The second kappa shape index (κ2) is 3.21. The van der Waals surface area contributed by atoms with Crippen LogP contribution in [0.3, 0.4) is 0 Å². The Bertz CT molecular complexity index is 607. The van der Waals surface area contributed by atoms with Crippen LogP contribution in [0.15, 0.2) is 35.8 Å². The molecule has 0 radical (unpaired) electrons.